The molecule has 0 N–H and O–H groups in total. The van der Waals surface area contributed by atoms with Gasteiger partial charge in [-0.2, -0.15) is 17.0 Å². The lowest BCUT2D eigenvalue weighted by molar-refractivity contribution is 0.350. The van der Waals surface area contributed by atoms with Crippen LogP contribution in [0.4, 0.5) is 0 Å². The quantitative estimate of drug-likeness (QED) is 0.691. The second kappa shape index (κ2) is 6.05. The monoisotopic (exact) mass is 286 g/mol. The van der Waals surface area contributed by atoms with Gasteiger partial charge in [-0.3, -0.25) is 0 Å². The van der Waals surface area contributed by atoms with Crippen molar-refractivity contribution in [1.82, 2.24) is 8.61 Å². The van der Waals surface area contributed by atoms with Gasteiger partial charge < -0.3 is 0 Å². The lowest BCUT2D eigenvalue weighted by Crippen LogP contribution is -2.46. The van der Waals surface area contributed by atoms with Crippen LogP contribution in [-0.4, -0.2) is 48.5 Å². The Hall–Kier alpha value is 0.350. The Morgan fingerprint density at radius 1 is 1.29 bits per heavy atom. The summed E-state index contributed by atoms with van der Waals surface area (Å²) in [5, 5.41) is 0.643. The van der Waals surface area contributed by atoms with Crippen LogP contribution in [0.3, 0.4) is 0 Å². The van der Waals surface area contributed by atoms with Crippen molar-refractivity contribution < 1.29 is 8.42 Å². The summed E-state index contributed by atoms with van der Waals surface area (Å²) < 4.78 is 26.7. The smallest absolute Gasteiger partial charge is 0.195 e. The van der Waals surface area contributed by atoms with Gasteiger partial charge >= 0.3 is 0 Å². The summed E-state index contributed by atoms with van der Waals surface area (Å²) in [6, 6.07) is -0.0272. The number of nitrogens with zero attached hydrogens (tertiary/aromatic N) is 2. The molecule has 1 unspecified atom stereocenters. The van der Waals surface area contributed by atoms with Crippen molar-refractivity contribution in [3.63, 3.8) is 0 Å². The maximum Gasteiger partial charge on any atom is 0.281 e. The molecule has 14 heavy (non-hydrogen) atoms. The Bertz CT molecular complexity index is 252. The molecule has 0 fully saturated rings. The third-order valence-electron chi connectivity index (χ3n) is 2.24. The van der Waals surface area contributed by atoms with Crippen LogP contribution in [0.25, 0.3) is 0 Å². The van der Waals surface area contributed by atoms with Gasteiger partial charge in [0.2, 0.25) is 0 Å². The first kappa shape index (κ1) is 14.3. The Morgan fingerprint density at radius 2 is 1.71 bits per heavy atom. The predicted molar refractivity (Wildman–Crippen MR) is 62.9 cm³/mol. The Morgan fingerprint density at radius 3 is 2.00 bits per heavy atom. The predicted octanol–water partition coefficient (Wildman–Crippen LogP) is 1.29. The Kier molecular flexibility index (Phi) is 6.20. The number of alkyl halides is 1. The van der Waals surface area contributed by atoms with Gasteiger partial charge in [-0.15, -0.1) is 0 Å². The zero-order valence-electron chi connectivity index (χ0n) is 9.20. The van der Waals surface area contributed by atoms with Gasteiger partial charge in [0, 0.05) is 31.5 Å². The molecule has 0 aliphatic carbocycles. The second-order valence-corrected chi connectivity index (χ2v) is 5.75. The van der Waals surface area contributed by atoms with E-state index in [-0.39, 0.29) is 6.04 Å². The summed E-state index contributed by atoms with van der Waals surface area (Å²) in [5.74, 6) is 0. The molecular formula is C8H19BrN2O2S. The van der Waals surface area contributed by atoms with Crippen LogP contribution in [-0.2, 0) is 10.2 Å². The fourth-order valence-electron chi connectivity index (χ4n) is 1.06. The molecule has 0 aliphatic heterocycles. The van der Waals surface area contributed by atoms with E-state index in [9.17, 15) is 8.42 Å². The Balaban J connectivity index is 4.76. The molecule has 0 spiro atoms. The van der Waals surface area contributed by atoms with E-state index in [1.165, 1.54) is 8.61 Å². The van der Waals surface area contributed by atoms with Gasteiger partial charge in [-0.05, 0) is 6.92 Å². The highest BCUT2D eigenvalue weighted by Crippen LogP contribution is 2.10. The molecule has 0 saturated heterocycles. The molecule has 86 valence electrons. The molecule has 0 aromatic rings. The lowest BCUT2D eigenvalue weighted by atomic mass is 10.4. The first-order chi connectivity index (χ1) is 6.41. The molecule has 4 nitrogen and oxygen atoms in total. The average molecular weight is 287 g/mol. The van der Waals surface area contributed by atoms with Crippen LogP contribution in [0.5, 0.6) is 0 Å². The third kappa shape index (κ3) is 3.18. The van der Waals surface area contributed by atoms with Crippen LogP contribution >= 0.6 is 15.9 Å². The standard InChI is InChI=1S/C8H19BrN2O2S/c1-5-11(6-2)14(12,13)10(4)8(3)7-9/h8H,5-7H2,1-4H3. The number of rotatable bonds is 6. The minimum atomic E-state index is -3.28. The van der Waals surface area contributed by atoms with Crippen molar-refractivity contribution >= 4 is 26.1 Å². The van der Waals surface area contributed by atoms with Gasteiger partial charge in [0.15, 0.2) is 0 Å². The van der Waals surface area contributed by atoms with E-state index in [4.69, 9.17) is 0 Å². The lowest BCUT2D eigenvalue weighted by Gasteiger charge is -2.28. The summed E-state index contributed by atoms with van der Waals surface area (Å²) >= 11 is 3.28. The highest BCUT2D eigenvalue weighted by atomic mass is 79.9. The molecule has 0 bridgehead atoms. The van der Waals surface area contributed by atoms with Gasteiger partial charge in [0.1, 0.15) is 0 Å². The van der Waals surface area contributed by atoms with Crippen LogP contribution in [0.2, 0.25) is 0 Å². The summed E-state index contributed by atoms with van der Waals surface area (Å²) in [6.07, 6.45) is 0. The maximum absolute atomic E-state index is 11.9. The van der Waals surface area contributed by atoms with Gasteiger partial charge in [-0.1, -0.05) is 29.8 Å². The Labute approximate surface area is 95.6 Å². The molecule has 1 atom stereocenters. The molecule has 0 aliphatic rings. The molecule has 0 amide bonds. The summed E-state index contributed by atoms with van der Waals surface area (Å²) in [4.78, 5) is 0. The molecule has 0 heterocycles. The molecule has 0 aromatic heterocycles. The molecule has 0 radical (unpaired) electrons. The van der Waals surface area contributed by atoms with E-state index < -0.39 is 10.2 Å². The summed E-state index contributed by atoms with van der Waals surface area (Å²) in [7, 11) is -1.67. The van der Waals surface area contributed by atoms with Crippen LogP contribution in [0.15, 0.2) is 0 Å². The van der Waals surface area contributed by atoms with Crippen LogP contribution in [0.1, 0.15) is 20.8 Å². The highest BCUT2D eigenvalue weighted by molar-refractivity contribution is 9.09. The fourth-order valence-corrected chi connectivity index (χ4v) is 3.23. The largest absolute Gasteiger partial charge is 0.281 e. The number of hydrogen-bond donors (Lipinski definition) is 0. The van der Waals surface area contributed by atoms with Crippen molar-refractivity contribution in [3.05, 3.63) is 0 Å². The topological polar surface area (TPSA) is 40.6 Å². The van der Waals surface area contributed by atoms with E-state index in [1.54, 1.807) is 7.05 Å². The van der Waals surface area contributed by atoms with E-state index in [2.05, 4.69) is 15.9 Å². The molecular weight excluding hydrogens is 268 g/mol. The van der Waals surface area contributed by atoms with E-state index >= 15 is 0 Å². The van der Waals surface area contributed by atoms with E-state index in [0.717, 1.165) is 0 Å². The zero-order chi connectivity index (χ0) is 11.4. The molecule has 0 saturated carbocycles. The first-order valence-electron chi connectivity index (χ1n) is 4.70. The highest BCUT2D eigenvalue weighted by Gasteiger charge is 2.27. The summed E-state index contributed by atoms with van der Waals surface area (Å²) in [5.41, 5.74) is 0. The van der Waals surface area contributed by atoms with Crippen molar-refractivity contribution in [2.75, 3.05) is 25.5 Å². The zero-order valence-corrected chi connectivity index (χ0v) is 11.6. The van der Waals surface area contributed by atoms with Gasteiger partial charge in [0.25, 0.3) is 10.2 Å². The SMILES string of the molecule is CCN(CC)S(=O)(=O)N(C)C(C)CBr. The van der Waals surface area contributed by atoms with E-state index in [1.807, 2.05) is 20.8 Å². The second-order valence-electron chi connectivity index (χ2n) is 3.11. The van der Waals surface area contributed by atoms with Crippen molar-refractivity contribution in [1.29, 1.82) is 0 Å². The van der Waals surface area contributed by atoms with Crippen molar-refractivity contribution in [3.8, 4) is 0 Å². The minimum Gasteiger partial charge on any atom is -0.195 e. The number of hydrogen-bond acceptors (Lipinski definition) is 2. The third-order valence-corrected chi connectivity index (χ3v) is 5.43. The van der Waals surface area contributed by atoms with E-state index in [0.29, 0.717) is 18.4 Å². The summed E-state index contributed by atoms with van der Waals surface area (Å²) in [6.45, 7) is 6.58. The first-order valence-corrected chi connectivity index (χ1v) is 7.22. The maximum atomic E-state index is 11.9. The molecule has 6 heteroatoms. The van der Waals surface area contributed by atoms with Gasteiger partial charge in [-0.25, -0.2) is 0 Å². The normalized spacial score (nSPS) is 15.1. The average Bonchev–Trinajstić information content (AvgIpc) is 2.16. The minimum absolute atomic E-state index is 0.0272. The molecule has 0 rings (SSSR count). The van der Waals surface area contributed by atoms with Crippen LogP contribution < -0.4 is 0 Å². The van der Waals surface area contributed by atoms with Gasteiger partial charge in [0.05, 0.1) is 0 Å². The van der Waals surface area contributed by atoms with Crippen molar-refractivity contribution in [2.24, 2.45) is 0 Å². The van der Waals surface area contributed by atoms with Crippen molar-refractivity contribution in [2.45, 2.75) is 26.8 Å². The number of halogens is 1. The fraction of sp³-hybridized carbons (Fsp3) is 1.00. The van der Waals surface area contributed by atoms with Crippen LogP contribution in [0, 0.1) is 0 Å². The molecule has 0 aromatic carbocycles.